The maximum atomic E-state index is 11.1. The molecule has 1 saturated heterocycles. The first kappa shape index (κ1) is 21.1. The lowest BCUT2D eigenvalue weighted by molar-refractivity contribution is 0.332. The highest BCUT2D eigenvalue weighted by Gasteiger charge is 2.32. The summed E-state index contributed by atoms with van der Waals surface area (Å²) in [6.07, 6.45) is 8.31. The molecule has 0 aromatic carbocycles. The monoisotopic (exact) mass is 462 g/mol. The molecule has 5 heterocycles. The van der Waals surface area contributed by atoms with Gasteiger partial charge in [-0.1, -0.05) is 6.07 Å². The summed E-state index contributed by atoms with van der Waals surface area (Å²) in [5.74, 6) is 0.904. The third-order valence-electron chi connectivity index (χ3n) is 6.05. The summed E-state index contributed by atoms with van der Waals surface area (Å²) in [4.78, 5) is 18.4. The zero-order valence-electron chi connectivity index (χ0n) is 17.7. The minimum Gasteiger partial charge on any atom is -0.356 e. The van der Waals surface area contributed by atoms with Gasteiger partial charge in [-0.05, 0) is 24.6 Å². The Morgan fingerprint density at radius 2 is 2.18 bits per heavy atom. The van der Waals surface area contributed by atoms with Crippen molar-refractivity contribution in [2.24, 2.45) is 5.92 Å². The molecule has 0 spiro atoms. The summed E-state index contributed by atoms with van der Waals surface area (Å²) >= 11 is 0. The highest BCUT2D eigenvalue weighted by molar-refractivity contribution is 7.71. The molecule has 5 rings (SSSR count). The largest absolute Gasteiger partial charge is 0.356 e. The predicted molar refractivity (Wildman–Crippen MR) is 123 cm³/mol. The molecule has 0 saturated carbocycles. The molecular formula is C22H22N8O2S. The van der Waals surface area contributed by atoms with Gasteiger partial charge in [-0.25, -0.2) is 23.4 Å². The van der Waals surface area contributed by atoms with E-state index in [0.717, 1.165) is 47.6 Å². The number of nitrogens with one attached hydrogen (secondary N) is 1. The molecule has 1 N–H and O–H groups in total. The first-order valence-corrected chi connectivity index (χ1v) is 12.0. The van der Waals surface area contributed by atoms with Crippen LogP contribution in [0.2, 0.25) is 0 Å². The number of nitriles is 1. The van der Waals surface area contributed by atoms with Crippen molar-refractivity contribution in [3.8, 4) is 17.3 Å². The van der Waals surface area contributed by atoms with E-state index < -0.39 is 10.7 Å². The Balaban J connectivity index is 1.37. The summed E-state index contributed by atoms with van der Waals surface area (Å²) < 4.78 is 24.0. The van der Waals surface area contributed by atoms with Crippen LogP contribution in [0.25, 0.3) is 22.3 Å². The molecule has 11 heteroatoms. The van der Waals surface area contributed by atoms with E-state index in [1.807, 2.05) is 35.3 Å². The van der Waals surface area contributed by atoms with Crippen LogP contribution in [-0.4, -0.2) is 51.2 Å². The van der Waals surface area contributed by atoms with Crippen LogP contribution in [-0.2, 0) is 16.5 Å². The number of nitrogens with zero attached hydrogens (tertiary/aromatic N) is 7. The first-order chi connectivity index (χ1) is 16.1. The zero-order chi connectivity index (χ0) is 22.8. The third-order valence-corrected chi connectivity index (χ3v) is 6.63. The Morgan fingerprint density at radius 3 is 3.03 bits per heavy atom. The Labute approximate surface area is 191 Å². The average Bonchev–Trinajstić information content (AvgIpc) is 3.58. The molecule has 1 aliphatic heterocycles. The van der Waals surface area contributed by atoms with Crippen LogP contribution in [0.15, 0.2) is 49.2 Å². The molecule has 2 atom stereocenters. The van der Waals surface area contributed by atoms with Gasteiger partial charge >= 0.3 is 0 Å². The fraction of sp³-hybridized carbons (Fsp3) is 0.318. The van der Waals surface area contributed by atoms with Crippen molar-refractivity contribution in [2.75, 3.05) is 18.0 Å². The molecule has 0 bridgehead atoms. The third kappa shape index (κ3) is 4.29. The second-order valence-corrected chi connectivity index (χ2v) is 9.06. The standard InChI is InChI=1S/C22H22N8O2S/c23-7-4-19(15-6-9-29(11-15)20-3-1-2-17(28-20)13-33(31)32)30-12-16(10-27-30)21-18-5-8-24-22(18)26-14-25-21/h1-3,5,8,10,12,14-15,19,33H,4,6,9,11,13H2,(H,24,25,26). The van der Waals surface area contributed by atoms with Crippen LogP contribution in [0.1, 0.15) is 24.6 Å². The van der Waals surface area contributed by atoms with Crippen molar-refractivity contribution in [3.05, 3.63) is 54.9 Å². The molecule has 168 valence electrons. The minimum absolute atomic E-state index is 0.0645. The summed E-state index contributed by atoms with van der Waals surface area (Å²) in [7, 11) is -2.52. The molecule has 0 radical (unpaired) electrons. The van der Waals surface area contributed by atoms with Crippen molar-refractivity contribution < 1.29 is 8.42 Å². The topological polar surface area (TPSA) is 133 Å². The number of hydrogen-bond donors (Lipinski definition) is 2. The number of anilines is 1. The van der Waals surface area contributed by atoms with Crippen LogP contribution < -0.4 is 4.90 Å². The highest BCUT2D eigenvalue weighted by atomic mass is 32.2. The van der Waals surface area contributed by atoms with E-state index in [1.165, 1.54) is 6.33 Å². The molecule has 2 unspecified atom stereocenters. The predicted octanol–water partition coefficient (Wildman–Crippen LogP) is 2.31. The lowest BCUT2D eigenvalue weighted by atomic mass is 9.96. The summed E-state index contributed by atoms with van der Waals surface area (Å²) in [6, 6.07) is 9.61. The van der Waals surface area contributed by atoms with Gasteiger partial charge in [0.25, 0.3) is 0 Å². The van der Waals surface area contributed by atoms with Crippen molar-refractivity contribution in [3.63, 3.8) is 0 Å². The van der Waals surface area contributed by atoms with Crippen molar-refractivity contribution in [2.45, 2.75) is 24.6 Å². The van der Waals surface area contributed by atoms with E-state index in [1.54, 1.807) is 12.3 Å². The molecule has 0 aliphatic carbocycles. The number of pyridine rings is 1. The normalized spacial score (nSPS) is 17.0. The zero-order valence-corrected chi connectivity index (χ0v) is 18.6. The lowest BCUT2D eigenvalue weighted by Gasteiger charge is -2.23. The summed E-state index contributed by atoms with van der Waals surface area (Å²) in [5, 5.41) is 15.0. The Morgan fingerprint density at radius 1 is 1.27 bits per heavy atom. The SMILES string of the molecule is N#CCC(C1CCN(c2cccc(C[SH](=O)=O)n2)C1)n1cc(-c2ncnc3[nH]ccc23)cn1. The Hall–Kier alpha value is -3.78. The molecule has 4 aromatic heterocycles. The van der Waals surface area contributed by atoms with Crippen LogP contribution in [0, 0.1) is 17.2 Å². The lowest BCUT2D eigenvalue weighted by Crippen LogP contribution is -2.25. The first-order valence-electron chi connectivity index (χ1n) is 10.6. The molecule has 10 nitrogen and oxygen atoms in total. The summed E-state index contributed by atoms with van der Waals surface area (Å²) in [6.45, 7) is 1.51. The summed E-state index contributed by atoms with van der Waals surface area (Å²) in [5.41, 5.74) is 2.98. The molecule has 4 aromatic rings. The minimum atomic E-state index is -2.52. The fourth-order valence-electron chi connectivity index (χ4n) is 4.49. The van der Waals surface area contributed by atoms with E-state index in [0.29, 0.717) is 12.1 Å². The van der Waals surface area contributed by atoms with Gasteiger partial charge in [0.2, 0.25) is 0 Å². The van der Waals surface area contributed by atoms with Gasteiger partial charge in [0.05, 0.1) is 41.9 Å². The van der Waals surface area contributed by atoms with E-state index in [-0.39, 0.29) is 17.7 Å². The quantitative estimate of drug-likeness (QED) is 0.400. The second kappa shape index (κ2) is 8.99. The number of H-pyrrole nitrogens is 1. The van der Waals surface area contributed by atoms with E-state index in [4.69, 9.17) is 0 Å². The van der Waals surface area contributed by atoms with Crippen molar-refractivity contribution in [1.29, 1.82) is 5.26 Å². The molecule has 0 amide bonds. The molecular weight excluding hydrogens is 440 g/mol. The van der Waals surface area contributed by atoms with Gasteiger partial charge in [0, 0.05) is 42.4 Å². The van der Waals surface area contributed by atoms with Crippen LogP contribution in [0.4, 0.5) is 5.82 Å². The smallest absolute Gasteiger partial charge is 0.145 e. The van der Waals surface area contributed by atoms with Crippen molar-refractivity contribution >= 4 is 27.6 Å². The number of rotatable bonds is 7. The Bertz CT molecular complexity index is 1390. The molecule has 33 heavy (non-hydrogen) atoms. The number of aromatic amines is 1. The van der Waals surface area contributed by atoms with Gasteiger partial charge < -0.3 is 9.88 Å². The fourth-order valence-corrected chi connectivity index (χ4v) is 4.93. The van der Waals surface area contributed by atoms with E-state index >= 15 is 0 Å². The van der Waals surface area contributed by atoms with Crippen LogP contribution in [0.3, 0.4) is 0 Å². The Kier molecular flexibility index (Phi) is 5.75. The van der Waals surface area contributed by atoms with Crippen LogP contribution >= 0.6 is 0 Å². The molecule has 1 fully saturated rings. The van der Waals surface area contributed by atoms with E-state index in [2.05, 4.69) is 36.0 Å². The second-order valence-electron chi connectivity index (χ2n) is 8.07. The van der Waals surface area contributed by atoms with Gasteiger partial charge in [0.15, 0.2) is 0 Å². The van der Waals surface area contributed by atoms with Gasteiger partial charge in [-0.15, -0.1) is 0 Å². The van der Waals surface area contributed by atoms with Crippen LogP contribution in [0.5, 0.6) is 0 Å². The average molecular weight is 463 g/mol. The highest BCUT2D eigenvalue weighted by Crippen LogP contribution is 2.33. The molecule has 1 aliphatic rings. The van der Waals surface area contributed by atoms with E-state index in [9.17, 15) is 13.7 Å². The van der Waals surface area contributed by atoms with Crippen molar-refractivity contribution in [1.82, 2.24) is 29.7 Å². The maximum absolute atomic E-state index is 11.1. The maximum Gasteiger partial charge on any atom is 0.145 e. The number of thiol groups is 1. The van der Waals surface area contributed by atoms with Gasteiger partial charge in [0.1, 0.15) is 28.5 Å². The number of fused-ring (bicyclic) bond motifs is 1. The van der Waals surface area contributed by atoms with Gasteiger partial charge in [-0.3, -0.25) is 4.68 Å². The number of aromatic nitrogens is 6. The number of hydrogen-bond acceptors (Lipinski definition) is 8. The van der Waals surface area contributed by atoms with Gasteiger partial charge in [-0.2, -0.15) is 10.4 Å².